The summed E-state index contributed by atoms with van der Waals surface area (Å²) in [5.74, 6) is 0. The summed E-state index contributed by atoms with van der Waals surface area (Å²) in [6.07, 6.45) is 0. The fraction of sp³-hybridized carbons (Fsp3) is 0.286. The maximum Gasteiger partial charge on any atom is 0.0719 e. The highest BCUT2D eigenvalue weighted by Crippen LogP contribution is 2.24. The first-order chi connectivity index (χ1) is 7.86. The van der Waals surface area contributed by atoms with Gasteiger partial charge < -0.3 is 9.47 Å². The maximum absolute atomic E-state index is 5.23. The normalized spacial score (nSPS) is 10.9. The predicted octanol–water partition coefficient (Wildman–Crippen LogP) is 3.13. The van der Waals surface area contributed by atoms with Crippen molar-refractivity contribution in [2.75, 3.05) is 14.2 Å². The largest absolute Gasteiger partial charge is 0.380 e. The number of ether oxygens (including phenoxy) is 2. The van der Waals surface area contributed by atoms with Gasteiger partial charge in [0.15, 0.2) is 0 Å². The van der Waals surface area contributed by atoms with Gasteiger partial charge in [0.25, 0.3) is 0 Å². The van der Waals surface area contributed by atoms with E-state index in [1.165, 1.54) is 21.9 Å². The third-order valence-corrected chi connectivity index (χ3v) is 2.68. The van der Waals surface area contributed by atoms with Gasteiger partial charge in [0.05, 0.1) is 13.2 Å². The molecule has 2 rings (SSSR count). The Hall–Kier alpha value is -1.38. The molecule has 0 spiro atoms. The van der Waals surface area contributed by atoms with Gasteiger partial charge >= 0.3 is 0 Å². The van der Waals surface area contributed by atoms with E-state index < -0.39 is 0 Å². The standard InChI is InChI=1S/C14H16O2/c1-15-9-12-7-3-5-11-6-4-8-13(10-16-2)14(11)12/h3-8H,9-10H2,1-2H3. The van der Waals surface area contributed by atoms with Crippen molar-refractivity contribution < 1.29 is 9.47 Å². The average Bonchev–Trinajstić information content (AvgIpc) is 2.30. The fourth-order valence-corrected chi connectivity index (χ4v) is 2.05. The summed E-state index contributed by atoms with van der Waals surface area (Å²) in [5.41, 5.74) is 2.43. The van der Waals surface area contributed by atoms with Crippen LogP contribution in [0.4, 0.5) is 0 Å². The van der Waals surface area contributed by atoms with Crippen LogP contribution in [-0.4, -0.2) is 14.2 Å². The number of benzene rings is 2. The van der Waals surface area contributed by atoms with Crippen molar-refractivity contribution in [3.05, 3.63) is 47.5 Å². The number of hydrogen-bond donors (Lipinski definition) is 0. The van der Waals surface area contributed by atoms with Crippen LogP contribution in [0.1, 0.15) is 11.1 Å². The van der Waals surface area contributed by atoms with Gasteiger partial charge in [0.1, 0.15) is 0 Å². The van der Waals surface area contributed by atoms with Crippen LogP contribution in [-0.2, 0) is 22.7 Å². The molecule has 0 saturated heterocycles. The summed E-state index contributed by atoms with van der Waals surface area (Å²) in [6.45, 7) is 1.27. The molecular formula is C14H16O2. The lowest BCUT2D eigenvalue weighted by Gasteiger charge is -2.10. The topological polar surface area (TPSA) is 18.5 Å². The predicted molar refractivity (Wildman–Crippen MR) is 65.4 cm³/mol. The summed E-state index contributed by atoms with van der Waals surface area (Å²) >= 11 is 0. The van der Waals surface area contributed by atoms with Crippen LogP contribution in [0.3, 0.4) is 0 Å². The van der Waals surface area contributed by atoms with Crippen molar-refractivity contribution in [2.45, 2.75) is 13.2 Å². The third-order valence-electron chi connectivity index (χ3n) is 2.68. The molecule has 0 aromatic heterocycles. The van der Waals surface area contributed by atoms with Gasteiger partial charge in [-0.1, -0.05) is 36.4 Å². The molecule has 2 aromatic rings. The lowest BCUT2D eigenvalue weighted by atomic mass is 10.00. The molecular weight excluding hydrogens is 200 g/mol. The Kier molecular flexibility index (Phi) is 3.54. The van der Waals surface area contributed by atoms with Crippen molar-refractivity contribution >= 4 is 10.8 Å². The second-order valence-corrected chi connectivity index (χ2v) is 3.80. The van der Waals surface area contributed by atoms with E-state index in [2.05, 4.69) is 36.4 Å². The minimum atomic E-state index is 0.637. The monoisotopic (exact) mass is 216 g/mol. The molecule has 0 aliphatic heterocycles. The molecule has 0 aliphatic carbocycles. The molecule has 16 heavy (non-hydrogen) atoms. The van der Waals surface area contributed by atoms with Gasteiger partial charge in [-0.15, -0.1) is 0 Å². The molecule has 0 amide bonds. The van der Waals surface area contributed by atoms with Gasteiger partial charge in [-0.25, -0.2) is 0 Å². The van der Waals surface area contributed by atoms with Crippen LogP contribution in [0, 0.1) is 0 Å². The minimum Gasteiger partial charge on any atom is -0.380 e. The maximum atomic E-state index is 5.23. The molecule has 0 unspecified atom stereocenters. The molecule has 0 radical (unpaired) electrons. The molecule has 0 fully saturated rings. The first-order valence-corrected chi connectivity index (χ1v) is 5.34. The molecule has 0 bridgehead atoms. The Morgan fingerprint density at radius 1 is 0.812 bits per heavy atom. The van der Waals surface area contributed by atoms with Crippen LogP contribution in [0.2, 0.25) is 0 Å². The lowest BCUT2D eigenvalue weighted by Crippen LogP contribution is -1.95. The Labute approximate surface area is 95.8 Å². The second-order valence-electron chi connectivity index (χ2n) is 3.80. The summed E-state index contributed by atoms with van der Waals surface area (Å²) in [4.78, 5) is 0. The van der Waals surface area contributed by atoms with E-state index in [0.29, 0.717) is 13.2 Å². The van der Waals surface area contributed by atoms with Crippen molar-refractivity contribution in [3.63, 3.8) is 0 Å². The Morgan fingerprint density at radius 2 is 1.31 bits per heavy atom. The second kappa shape index (κ2) is 5.10. The Morgan fingerprint density at radius 3 is 1.75 bits per heavy atom. The Bertz CT molecular complexity index is 436. The fourth-order valence-electron chi connectivity index (χ4n) is 2.05. The van der Waals surface area contributed by atoms with Gasteiger partial charge in [-0.3, -0.25) is 0 Å². The van der Waals surface area contributed by atoms with Gasteiger partial charge in [-0.05, 0) is 21.9 Å². The van der Waals surface area contributed by atoms with E-state index in [1.807, 2.05) is 0 Å². The summed E-state index contributed by atoms with van der Waals surface area (Å²) < 4.78 is 10.5. The summed E-state index contributed by atoms with van der Waals surface area (Å²) in [5, 5.41) is 2.50. The quantitative estimate of drug-likeness (QED) is 0.781. The van der Waals surface area contributed by atoms with Crippen LogP contribution in [0.15, 0.2) is 36.4 Å². The van der Waals surface area contributed by atoms with Crippen LogP contribution in [0.25, 0.3) is 10.8 Å². The molecule has 2 aromatic carbocycles. The first-order valence-electron chi connectivity index (χ1n) is 5.34. The van der Waals surface area contributed by atoms with Crippen molar-refractivity contribution in [3.8, 4) is 0 Å². The average molecular weight is 216 g/mol. The highest BCUT2D eigenvalue weighted by atomic mass is 16.5. The first kappa shape index (κ1) is 11.1. The summed E-state index contributed by atoms with van der Waals surface area (Å²) in [6, 6.07) is 12.6. The van der Waals surface area contributed by atoms with Crippen molar-refractivity contribution in [1.82, 2.24) is 0 Å². The zero-order chi connectivity index (χ0) is 11.4. The SMILES string of the molecule is COCc1cccc2cccc(COC)c12. The molecule has 0 saturated carbocycles. The smallest absolute Gasteiger partial charge is 0.0719 e. The van der Waals surface area contributed by atoms with Crippen molar-refractivity contribution in [2.24, 2.45) is 0 Å². The van der Waals surface area contributed by atoms with Crippen LogP contribution in [0.5, 0.6) is 0 Å². The van der Waals surface area contributed by atoms with Gasteiger partial charge in [0.2, 0.25) is 0 Å². The molecule has 0 aliphatic rings. The van der Waals surface area contributed by atoms with E-state index in [1.54, 1.807) is 14.2 Å². The number of methoxy groups -OCH3 is 2. The Balaban J connectivity index is 2.61. The zero-order valence-electron chi connectivity index (χ0n) is 9.69. The lowest BCUT2D eigenvalue weighted by molar-refractivity contribution is 0.182. The molecule has 0 atom stereocenters. The molecule has 84 valence electrons. The minimum absolute atomic E-state index is 0.637. The summed E-state index contributed by atoms with van der Waals surface area (Å²) in [7, 11) is 3.44. The highest BCUT2D eigenvalue weighted by molar-refractivity contribution is 5.88. The third kappa shape index (κ3) is 2.08. The molecule has 2 nitrogen and oxygen atoms in total. The molecule has 0 heterocycles. The zero-order valence-corrected chi connectivity index (χ0v) is 9.69. The van der Waals surface area contributed by atoms with E-state index in [0.717, 1.165) is 0 Å². The number of rotatable bonds is 4. The van der Waals surface area contributed by atoms with Gasteiger partial charge in [0, 0.05) is 14.2 Å². The highest BCUT2D eigenvalue weighted by Gasteiger charge is 2.05. The van der Waals surface area contributed by atoms with E-state index in [4.69, 9.17) is 9.47 Å². The number of hydrogen-bond acceptors (Lipinski definition) is 2. The van der Waals surface area contributed by atoms with E-state index >= 15 is 0 Å². The van der Waals surface area contributed by atoms with Crippen LogP contribution < -0.4 is 0 Å². The van der Waals surface area contributed by atoms with Crippen molar-refractivity contribution in [1.29, 1.82) is 0 Å². The number of fused-ring (bicyclic) bond motifs is 1. The van der Waals surface area contributed by atoms with E-state index in [-0.39, 0.29) is 0 Å². The van der Waals surface area contributed by atoms with Gasteiger partial charge in [-0.2, -0.15) is 0 Å². The van der Waals surface area contributed by atoms with E-state index in [9.17, 15) is 0 Å². The molecule has 2 heteroatoms. The van der Waals surface area contributed by atoms with Crippen LogP contribution >= 0.6 is 0 Å². The molecule has 0 N–H and O–H groups in total.